The Hall–Kier alpha value is -1.02. The molecule has 110 valence electrons. The van der Waals surface area contributed by atoms with Crippen molar-refractivity contribution in [2.45, 2.75) is 63.8 Å². The highest BCUT2D eigenvalue weighted by atomic mass is 15.0. The molecule has 1 spiro atoms. The van der Waals surface area contributed by atoms with Gasteiger partial charge in [0.15, 0.2) is 0 Å². The highest BCUT2D eigenvalue weighted by molar-refractivity contribution is 5.47. The third-order valence-electron chi connectivity index (χ3n) is 5.78. The van der Waals surface area contributed by atoms with E-state index in [2.05, 4.69) is 36.5 Å². The molecule has 2 heteroatoms. The molecular formula is C18H28N2. The van der Waals surface area contributed by atoms with Crippen molar-refractivity contribution in [2.24, 2.45) is 11.1 Å². The van der Waals surface area contributed by atoms with Crippen molar-refractivity contribution in [1.82, 2.24) is 0 Å². The van der Waals surface area contributed by atoms with E-state index in [0.717, 1.165) is 6.54 Å². The Labute approximate surface area is 123 Å². The zero-order chi connectivity index (χ0) is 14.1. The molecule has 0 aliphatic heterocycles. The number of rotatable bonds is 3. The lowest BCUT2D eigenvalue weighted by Crippen LogP contribution is -2.49. The molecule has 0 bridgehead atoms. The first-order valence-electron chi connectivity index (χ1n) is 8.20. The first-order valence-corrected chi connectivity index (χ1v) is 8.20. The minimum absolute atomic E-state index is 0.128. The lowest BCUT2D eigenvalue weighted by molar-refractivity contribution is 0.148. The van der Waals surface area contributed by atoms with E-state index in [1.165, 1.54) is 62.6 Å². The van der Waals surface area contributed by atoms with Crippen LogP contribution in [-0.2, 0) is 0 Å². The Morgan fingerprint density at radius 2 is 1.55 bits per heavy atom. The predicted molar refractivity (Wildman–Crippen MR) is 86.0 cm³/mol. The van der Waals surface area contributed by atoms with Gasteiger partial charge in [-0.1, -0.05) is 30.5 Å². The summed E-state index contributed by atoms with van der Waals surface area (Å²) in [6.45, 7) is 2.88. The summed E-state index contributed by atoms with van der Waals surface area (Å²) in [7, 11) is 0. The fraction of sp³-hybridized carbons (Fsp3) is 0.667. The zero-order valence-corrected chi connectivity index (χ0v) is 12.8. The highest BCUT2D eigenvalue weighted by Crippen LogP contribution is 2.51. The molecule has 20 heavy (non-hydrogen) atoms. The number of nitrogens with one attached hydrogen (secondary N) is 1. The smallest absolute Gasteiger partial charge is 0.0496 e. The second-order valence-corrected chi connectivity index (χ2v) is 7.18. The number of nitrogens with two attached hydrogens (primary N) is 1. The van der Waals surface area contributed by atoms with Gasteiger partial charge in [0.25, 0.3) is 0 Å². The van der Waals surface area contributed by atoms with Gasteiger partial charge in [-0.05, 0) is 63.0 Å². The Balaban J connectivity index is 1.68. The molecule has 1 aromatic carbocycles. The summed E-state index contributed by atoms with van der Waals surface area (Å²) < 4.78 is 0. The van der Waals surface area contributed by atoms with E-state index in [-0.39, 0.29) is 5.54 Å². The van der Waals surface area contributed by atoms with Crippen molar-refractivity contribution >= 4 is 5.69 Å². The lowest BCUT2D eigenvalue weighted by atomic mass is 9.66. The van der Waals surface area contributed by atoms with Crippen molar-refractivity contribution in [1.29, 1.82) is 0 Å². The molecule has 0 radical (unpaired) electrons. The summed E-state index contributed by atoms with van der Waals surface area (Å²) in [5, 5.41) is 3.75. The van der Waals surface area contributed by atoms with Crippen molar-refractivity contribution in [3.63, 3.8) is 0 Å². The molecule has 3 N–H and O–H groups in total. The maximum atomic E-state index is 6.14. The lowest BCUT2D eigenvalue weighted by Gasteiger charge is -2.45. The summed E-state index contributed by atoms with van der Waals surface area (Å²) in [4.78, 5) is 0. The van der Waals surface area contributed by atoms with Gasteiger partial charge in [0.05, 0.1) is 0 Å². The van der Waals surface area contributed by atoms with Gasteiger partial charge in [-0.2, -0.15) is 0 Å². The van der Waals surface area contributed by atoms with Crippen LogP contribution in [0.1, 0.15) is 56.9 Å². The molecule has 0 aromatic heterocycles. The van der Waals surface area contributed by atoms with Gasteiger partial charge in [-0.15, -0.1) is 0 Å². The topological polar surface area (TPSA) is 38.0 Å². The molecule has 0 atom stereocenters. The van der Waals surface area contributed by atoms with Crippen molar-refractivity contribution in [2.75, 3.05) is 11.9 Å². The van der Waals surface area contributed by atoms with Crippen LogP contribution >= 0.6 is 0 Å². The first kappa shape index (κ1) is 13.9. The first-order chi connectivity index (χ1) is 9.65. The molecule has 2 aliphatic carbocycles. The summed E-state index contributed by atoms with van der Waals surface area (Å²) in [5.74, 6) is 0. The van der Waals surface area contributed by atoms with E-state index in [0.29, 0.717) is 5.41 Å². The van der Waals surface area contributed by atoms with E-state index >= 15 is 0 Å². The van der Waals surface area contributed by atoms with Crippen LogP contribution in [0.2, 0.25) is 0 Å². The molecule has 0 saturated heterocycles. The van der Waals surface area contributed by atoms with Gasteiger partial charge in [-0.25, -0.2) is 0 Å². The average molecular weight is 272 g/mol. The van der Waals surface area contributed by atoms with Gasteiger partial charge in [0.1, 0.15) is 0 Å². The van der Waals surface area contributed by atoms with Gasteiger partial charge < -0.3 is 11.1 Å². The minimum atomic E-state index is 0.128. The third-order valence-corrected chi connectivity index (χ3v) is 5.78. The summed E-state index contributed by atoms with van der Waals surface area (Å²) in [6, 6.07) is 8.72. The molecular weight excluding hydrogens is 244 g/mol. The SMILES string of the molecule is Cc1ccc(NC2(CN)CCC3(CCCC3)CC2)cc1. The summed E-state index contributed by atoms with van der Waals surface area (Å²) in [6.07, 6.45) is 11.0. The van der Waals surface area contributed by atoms with E-state index in [1.54, 1.807) is 0 Å². The number of hydrogen-bond donors (Lipinski definition) is 2. The van der Waals surface area contributed by atoms with Crippen molar-refractivity contribution in [3.05, 3.63) is 29.8 Å². The van der Waals surface area contributed by atoms with Crippen LogP contribution in [-0.4, -0.2) is 12.1 Å². The van der Waals surface area contributed by atoms with Crippen LogP contribution in [0, 0.1) is 12.3 Å². The standard InChI is InChI=1S/C18H28N2/c1-15-4-6-16(7-5-15)20-18(14-19)12-10-17(11-13-18)8-2-3-9-17/h4-7,20H,2-3,8-14,19H2,1H3. The predicted octanol–water partition coefficient (Wildman–Crippen LogP) is 4.24. The van der Waals surface area contributed by atoms with Crippen LogP contribution in [0.3, 0.4) is 0 Å². The van der Waals surface area contributed by atoms with E-state index in [4.69, 9.17) is 5.73 Å². The second kappa shape index (κ2) is 5.40. The largest absolute Gasteiger partial charge is 0.378 e. The summed E-state index contributed by atoms with van der Waals surface area (Å²) in [5.41, 5.74) is 9.48. The van der Waals surface area contributed by atoms with Gasteiger partial charge in [0.2, 0.25) is 0 Å². The van der Waals surface area contributed by atoms with Crippen molar-refractivity contribution < 1.29 is 0 Å². The highest BCUT2D eigenvalue weighted by Gasteiger charge is 2.43. The minimum Gasteiger partial charge on any atom is -0.378 e. The van der Waals surface area contributed by atoms with Gasteiger partial charge >= 0.3 is 0 Å². The number of hydrogen-bond acceptors (Lipinski definition) is 2. The second-order valence-electron chi connectivity index (χ2n) is 7.18. The molecule has 2 aliphatic rings. The number of benzene rings is 1. The van der Waals surface area contributed by atoms with Crippen molar-refractivity contribution in [3.8, 4) is 0 Å². The normalized spacial score (nSPS) is 23.9. The van der Waals surface area contributed by atoms with E-state index in [1.807, 2.05) is 0 Å². The molecule has 0 heterocycles. The van der Waals surface area contributed by atoms with Crippen LogP contribution in [0.5, 0.6) is 0 Å². The molecule has 1 aromatic rings. The fourth-order valence-electron chi connectivity index (χ4n) is 4.21. The fourth-order valence-corrected chi connectivity index (χ4v) is 4.21. The monoisotopic (exact) mass is 272 g/mol. The zero-order valence-electron chi connectivity index (χ0n) is 12.8. The van der Waals surface area contributed by atoms with Crippen LogP contribution in [0.4, 0.5) is 5.69 Å². The van der Waals surface area contributed by atoms with Gasteiger partial charge in [0, 0.05) is 17.8 Å². The van der Waals surface area contributed by atoms with E-state index in [9.17, 15) is 0 Å². The Kier molecular flexibility index (Phi) is 3.76. The number of aryl methyl sites for hydroxylation is 1. The van der Waals surface area contributed by atoms with Crippen LogP contribution in [0.25, 0.3) is 0 Å². The maximum absolute atomic E-state index is 6.14. The Morgan fingerprint density at radius 3 is 2.10 bits per heavy atom. The maximum Gasteiger partial charge on any atom is 0.0496 e. The average Bonchev–Trinajstić information content (AvgIpc) is 2.93. The summed E-state index contributed by atoms with van der Waals surface area (Å²) >= 11 is 0. The molecule has 3 rings (SSSR count). The molecule has 0 unspecified atom stereocenters. The van der Waals surface area contributed by atoms with Crippen LogP contribution in [0.15, 0.2) is 24.3 Å². The van der Waals surface area contributed by atoms with E-state index < -0.39 is 0 Å². The Bertz CT molecular complexity index is 433. The van der Waals surface area contributed by atoms with Gasteiger partial charge in [-0.3, -0.25) is 0 Å². The molecule has 2 nitrogen and oxygen atoms in total. The number of anilines is 1. The third kappa shape index (κ3) is 2.71. The van der Waals surface area contributed by atoms with Crippen LogP contribution < -0.4 is 11.1 Å². The quantitative estimate of drug-likeness (QED) is 0.863. The molecule has 0 amide bonds. The molecule has 2 saturated carbocycles. The molecule has 2 fully saturated rings. The Morgan fingerprint density at radius 1 is 0.950 bits per heavy atom.